The van der Waals surface area contributed by atoms with Gasteiger partial charge in [-0.2, -0.15) is 0 Å². The molecule has 1 aromatic heterocycles. The number of aromatic nitrogens is 1. The Bertz CT molecular complexity index is 671. The van der Waals surface area contributed by atoms with Crippen LogP contribution in [0.1, 0.15) is 32.9 Å². The summed E-state index contributed by atoms with van der Waals surface area (Å²) in [5.41, 5.74) is 0.634. The number of piperazine rings is 1. The molecule has 1 aliphatic heterocycles. The van der Waals surface area contributed by atoms with Crippen LogP contribution in [-0.2, 0) is 16.0 Å². The van der Waals surface area contributed by atoms with Gasteiger partial charge in [0, 0.05) is 38.1 Å². The van der Waals surface area contributed by atoms with Gasteiger partial charge in [-0.05, 0) is 19.3 Å². The molecule has 9 nitrogen and oxygen atoms in total. The van der Waals surface area contributed by atoms with Crippen LogP contribution in [-0.4, -0.2) is 72.1 Å². The highest BCUT2D eigenvalue weighted by Gasteiger charge is 2.25. The van der Waals surface area contributed by atoms with E-state index in [0.29, 0.717) is 56.1 Å². The summed E-state index contributed by atoms with van der Waals surface area (Å²) >= 11 is 1.29. The third-order valence-corrected chi connectivity index (χ3v) is 5.05. The van der Waals surface area contributed by atoms with Crippen molar-refractivity contribution in [2.75, 3.05) is 44.6 Å². The average Bonchev–Trinajstić information content (AvgIpc) is 3.08. The van der Waals surface area contributed by atoms with Crippen molar-refractivity contribution in [3.05, 3.63) is 11.1 Å². The lowest BCUT2D eigenvalue weighted by Crippen LogP contribution is -2.51. The van der Waals surface area contributed by atoms with Crippen molar-refractivity contribution >= 4 is 34.5 Å². The fourth-order valence-corrected chi connectivity index (χ4v) is 3.35. The Morgan fingerprint density at radius 3 is 2.54 bits per heavy atom. The Morgan fingerprint density at radius 2 is 1.89 bits per heavy atom. The summed E-state index contributed by atoms with van der Waals surface area (Å²) in [4.78, 5) is 43.5. The number of amides is 4. The first-order valence-electron chi connectivity index (χ1n) is 9.57. The fraction of sp³-hybridized carbons (Fsp3) is 0.667. The molecule has 1 fully saturated rings. The van der Waals surface area contributed by atoms with Crippen molar-refractivity contribution in [1.29, 1.82) is 0 Å². The number of carbonyl (C=O) groups excluding carboxylic acids is 3. The highest BCUT2D eigenvalue weighted by molar-refractivity contribution is 7.13. The molecule has 1 saturated heterocycles. The SMILES string of the molecule is CCOC(=O)N1CCN(C(=O)Nc2nc(CC(=O)NCCC(C)C)cs2)CC1. The molecule has 156 valence electrons. The van der Waals surface area contributed by atoms with Crippen LogP contribution in [0.4, 0.5) is 14.7 Å². The van der Waals surface area contributed by atoms with Crippen LogP contribution < -0.4 is 10.6 Å². The number of urea groups is 1. The molecule has 0 aromatic carbocycles. The Balaban J connectivity index is 1.75. The van der Waals surface area contributed by atoms with Crippen molar-refractivity contribution in [2.24, 2.45) is 5.92 Å². The largest absolute Gasteiger partial charge is 0.450 e. The first-order valence-corrected chi connectivity index (χ1v) is 10.5. The van der Waals surface area contributed by atoms with Gasteiger partial charge in [0.05, 0.1) is 18.7 Å². The molecule has 0 spiro atoms. The monoisotopic (exact) mass is 411 g/mol. The highest BCUT2D eigenvalue weighted by Crippen LogP contribution is 2.17. The highest BCUT2D eigenvalue weighted by atomic mass is 32.1. The van der Waals surface area contributed by atoms with Gasteiger partial charge in [0.2, 0.25) is 5.91 Å². The summed E-state index contributed by atoms with van der Waals surface area (Å²) < 4.78 is 4.97. The van der Waals surface area contributed by atoms with Crippen molar-refractivity contribution in [3.8, 4) is 0 Å². The van der Waals surface area contributed by atoms with E-state index in [1.165, 1.54) is 11.3 Å². The predicted octanol–water partition coefficient (Wildman–Crippen LogP) is 2.15. The summed E-state index contributed by atoms with van der Waals surface area (Å²) in [6.07, 6.45) is 0.787. The van der Waals surface area contributed by atoms with Gasteiger partial charge in [0.25, 0.3) is 0 Å². The number of thiazole rings is 1. The zero-order chi connectivity index (χ0) is 20.5. The molecule has 2 heterocycles. The lowest BCUT2D eigenvalue weighted by atomic mass is 10.1. The molecular weight excluding hydrogens is 382 g/mol. The Morgan fingerprint density at radius 1 is 1.21 bits per heavy atom. The minimum absolute atomic E-state index is 0.0705. The van der Waals surface area contributed by atoms with E-state index in [0.717, 1.165) is 6.42 Å². The Hall–Kier alpha value is -2.36. The topological polar surface area (TPSA) is 104 Å². The number of ether oxygens (including phenoxy) is 1. The lowest BCUT2D eigenvalue weighted by Gasteiger charge is -2.33. The number of rotatable bonds is 7. The number of anilines is 1. The first kappa shape index (κ1) is 21.9. The van der Waals surface area contributed by atoms with Crippen molar-refractivity contribution in [1.82, 2.24) is 20.1 Å². The molecule has 1 aliphatic rings. The molecule has 0 radical (unpaired) electrons. The van der Waals surface area contributed by atoms with E-state index in [9.17, 15) is 14.4 Å². The van der Waals surface area contributed by atoms with Gasteiger partial charge >= 0.3 is 12.1 Å². The van der Waals surface area contributed by atoms with Crippen molar-refractivity contribution in [2.45, 2.75) is 33.6 Å². The van der Waals surface area contributed by atoms with Gasteiger partial charge in [0.1, 0.15) is 0 Å². The third kappa shape index (κ3) is 6.99. The van der Waals surface area contributed by atoms with Gasteiger partial charge in [0.15, 0.2) is 5.13 Å². The molecule has 28 heavy (non-hydrogen) atoms. The molecule has 0 unspecified atom stereocenters. The minimum atomic E-state index is -0.348. The number of hydrogen-bond acceptors (Lipinski definition) is 6. The van der Waals surface area contributed by atoms with E-state index in [4.69, 9.17) is 4.74 Å². The molecule has 0 aliphatic carbocycles. The van der Waals surface area contributed by atoms with Crippen LogP contribution in [0, 0.1) is 5.92 Å². The van der Waals surface area contributed by atoms with Crippen LogP contribution in [0.25, 0.3) is 0 Å². The predicted molar refractivity (Wildman–Crippen MR) is 107 cm³/mol. The molecule has 10 heteroatoms. The van der Waals surface area contributed by atoms with Crippen LogP contribution >= 0.6 is 11.3 Å². The number of carbonyl (C=O) groups is 3. The average molecular weight is 412 g/mol. The number of nitrogens with zero attached hydrogens (tertiary/aromatic N) is 3. The van der Waals surface area contributed by atoms with Gasteiger partial charge in [-0.15, -0.1) is 11.3 Å². The lowest BCUT2D eigenvalue weighted by molar-refractivity contribution is -0.120. The second kappa shape index (κ2) is 10.8. The molecule has 2 rings (SSSR count). The van der Waals surface area contributed by atoms with Gasteiger partial charge in [-0.1, -0.05) is 13.8 Å². The van der Waals surface area contributed by atoms with Gasteiger partial charge < -0.3 is 19.9 Å². The summed E-state index contributed by atoms with van der Waals surface area (Å²) in [7, 11) is 0. The zero-order valence-electron chi connectivity index (χ0n) is 16.7. The molecule has 0 bridgehead atoms. The standard InChI is InChI=1S/C18H29N5O4S/c1-4-27-18(26)23-9-7-22(8-10-23)17(25)21-16-20-14(12-28-16)11-15(24)19-6-5-13(2)3/h12-13H,4-11H2,1-3H3,(H,19,24)(H,20,21,25). The normalized spacial score (nSPS) is 14.1. The molecule has 4 amide bonds. The summed E-state index contributed by atoms with van der Waals surface area (Å²) in [5.74, 6) is 0.472. The van der Waals surface area contributed by atoms with E-state index in [1.54, 1.807) is 22.1 Å². The van der Waals surface area contributed by atoms with Gasteiger partial charge in [-0.25, -0.2) is 14.6 Å². The van der Waals surface area contributed by atoms with Crippen LogP contribution in [0.3, 0.4) is 0 Å². The summed E-state index contributed by atoms with van der Waals surface area (Å²) in [6.45, 7) is 8.71. The minimum Gasteiger partial charge on any atom is -0.450 e. The molecule has 0 atom stereocenters. The van der Waals surface area contributed by atoms with Gasteiger partial charge in [-0.3, -0.25) is 10.1 Å². The molecule has 2 N–H and O–H groups in total. The third-order valence-electron chi connectivity index (χ3n) is 4.24. The van der Waals surface area contributed by atoms with Crippen LogP contribution in [0.2, 0.25) is 0 Å². The van der Waals surface area contributed by atoms with Crippen molar-refractivity contribution in [3.63, 3.8) is 0 Å². The maximum Gasteiger partial charge on any atom is 0.409 e. The van der Waals surface area contributed by atoms with E-state index < -0.39 is 0 Å². The van der Waals surface area contributed by atoms with E-state index in [2.05, 4.69) is 29.5 Å². The smallest absolute Gasteiger partial charge is 0.409 e. The zero-order valence-corrected chi connectivity index (χ0v) is 17.5. The number of hydrogen-bond donors (Lipinski definition) is 2. The Kier molecular flexibility index (Phi) is 8.49. The summed E-state index contributed by atoms with van der Waals surface area (Å²) in [5, 5.41) is 7.87. The van der Waals surface area contributed by atoms with E-state index >= 15 is 0 Å². The van der Waals surface area contributed by atoms with Crippen molar-refractivity contribution < 1.29 is 19.1 Å². The molecule has 1 aromatic rings. The molecule has 0 saturated carbocycles. The Labute approximate surface area is 169 Å². The first-order chi connectivity index (χ1) is 13.4. The number of nitrogens with one attached hydrogen (secondary N) is 2. The second-order valence-electron chi connectivity index (χ2n) is 6.96. The van der Waals surface area contributed by atoms with E-state index in [-0.39, 0.29) is 24.5 Å². The van der Waals surface area contributed by atoms with E-state index in [1.807, 2.05) is 0 Å². The maximum absolute atomic E-state index is 12.4. The van der Waals surface area contributed by atoms with Crippen LogP contribution in [0.15, 0.2) is 5.38 Å². The molecular formula is C18H29N5O4S. The van der Waals surface area contributed by atoms with Crippen LogP contribution in [0.5, 0.6) is 0 Å². The maximum atomic E-state index is 12.4. The summed E-state index contributed by atoms with van der Waals surface area (Å²) in [6, 6.07) is -0.259. The quantitative estimate of drug-likeness (QED) is 0.715. The fourth-order valence-electron chi connectivity index (χ4n) is 2.65. The second-order valence-corrected chi connectivity index (χ2v) is 7.81.